The van der Waals surface area contributed by atoms with Crippen molar-refractivity contribution in [3.05, 3.63) is 138 Å². The topological polar surface area (TPSA) is 278 Å². The molecule has 1 fully saturated rings. The predicted molar refractivity (Wildman–Crippen MR) is 333 cm³/mol. The van der Waals surface area contributed by atoms with E-state index in [1.807, 2.05) is 36.5 Å². The number of fused-ring (bicyclic) bond motifs is 3. The first-order valence-corrected chi connectivity index (χ1v) is 29.9. The van der Waals surface area contributed by atoms with E-state index < -0.39 is 29.7 Å². The van der Waals surface area contributed by atoms with Gasteiger partial charge in [-0.3, -0.25) is 62.4 Å². The minimum absolute atomic E-state index is 0.0232. The first kappa shape index (κ1) is 64.7. The van der Waals surface area contributed by atoms with Gasteiger partial charge in [0.2, 0.25) is 17.6 Å². The van der Waals surface area contributed by atoms with Crippen molar-refractivity contribution in [2.24, 2.45) is 25.0 Å². The second kappa shape index (κ2) is 29.5. The summed E-state index contributed by atoms with van der Waals surface area (Å²) >= 11 is 0. The van der Waals surface area contributed by atoms with Gasteiger partial charge < -0.3 is 43.6 Å². The number of ketones is 4. The van der Waals surface area contributed by atoms with Crippen LogP contribution in [-0.4, -0.2) is 159 Å². The van der Waals surface area contributed by atoms with Gasteiger partial charge in [0.1, 0.15) is 17.3 Å². The van der Waals surface area contributed by atoms with Gasteiger partial charge >= 0.3 is 0 Å². The smallest absolute Gasteiger partial charge is 0.278 e. The molecule has 0 saturated carbocycles. The average molecular weight is 1230 g/mol. The molecule has 3 aliphatic heterocycles. The predicted octanol–water partition coefficient (Wildman–Crippen LogP) is 7.09. The number of hydrogen-bond acceptors (Lipinski definition) is 16. The van der Waals surface area contributed by atoms with Crippen LogP contribution in [-0.2, 0) is 70.0 Å². The molecule has 0 spiro atoms. The number of nitrogens with one attached hydrogen (secondary N) is 2. The number of Topliss-reactive ketones (excluding diaryl/α,β-unsaturated/α-hetero) is 4. The van der Waals surface area contributed by atoms with E-state index in [0.29, 0.717) is 71.9 Å². The Morgan fingerprint density at radius 1 is 0.744 bits per heavy atom. The maximum Gasteiger partial charge on any atom is 0.278 e. The molecule has 6 heterocycles. The van der Waals surface area contributed by atoms with Crippen molar-refractivity contribution in [1.82, 2.24) is 33.8 Å². The number of carbonyl (C=O) groups excluding carboxylic acids is 10. The number of amides is 5. The lowest BCUT2D eigenvalue weighted by Crippen LogP contribution is -2.42. The molecule has 0 aliphatic carbocycles. The number of benzene rings is 3. The Kier molecular flexibility index (Phi) is 21.2. The third kappa shape index (κ3) is 16.1. The highest BCUT2D eigenvalue weighted by Crippen LogP contribution is 2.39. The lowest BCUT2D eigenvalue weighted by Gasteiger charge is -2.20. The first-order valence-electron chi connectivity index (χ1n) is 29.9. The second-order valence-corrected chi connectivity index (χ2v) is 22.8. The summed E-state index contributed by atoms with van der Waals surface area (Å²) in [4.78, 5) is 140. The zero-order valence-electron chi connectivity index (χ0n) is 51.1. The number of nitrogens with zero attached hydrogens (tertiary/aromatic N) is 7. The molecular formula is C67H73N9O14. The fourth-order valence-electron chi connectivity index (χ4n) is 10.8. The molecule has 3 aliphatic rings. The van der Waals surface area contributed by atoms with Gasteiger partial charge in [-0.2, -0.15) is 0 Å². The summed E-state index contributed by atoms with van der Waals surface area (Å²) in [6.07, 6.45) is 11.4. The zero-order valence-corrected chi connectivity index (χ0v) is 51.1. The summed E-state index contributed by atoms with van der Waals surface area (Å²) in [5, 5.41) is 6.26. The van der Waals surface area contributed by atoms with Gasteiger partial charge in [-0.05, 0) is 73.2 Å². The van der Waals surface area contributed by atoms with Gasteiger partial charge in [-0.25, -0.2) is 4.98 Å². The molecule has 1 saturated heterocycles. The average Bonchev–Trinajstić information content (AvgIpc) is 1.85. The third-order valence-electron chi connectivity index (χ3n) is 15.9. The molecule has 0 radical (unpaired) electrons. The molecule has 90 heavy (non-hydrogen) atoms. The molecule has 9 rings (SSSR count). The first-order chi connectivity index (χ1) is 43.2. The Labute approximate surface area is 520 Å². The number of methoxy groups -OCH3 is 1. The van der Waals surface area contributed by atoms with E-state index in [-0.39, 0.29) is 136 Å². The zero-order chi connectivity index (χ0) is 64.2. The Balaban J connectivity index is 0.670. The third-order valence-corrected chi connectivity index (χ3v) is 15.9. The fraction of sp³-hybridized carbons (Fsp3) is 0.373. The van der Waals surface area contributed by atoms with Crippen LogP contribution in [0.15, 0.2) is 115 Å². The van der Waals surface area contributed by atoms with Crippen LogP contribution in [0.5, 0.6) is 11.5 Å². The highest BCUT2D eigenvalue weighted by Gasteiger charge is 2.35. The molecule has 6 aromatic rings. The van der Waals surface area contributed by atoms with Crippen LogP contribution >= 0.6 is 0 Å². The lowest BCUT2D eigenvalue weighted by molar-refractivity contribution is -0.137. The molecule has 3 aromatic carbocycles. The van der Waals surface area contributed by atoms with Gasteiger partial charge in [0.15, 0.2) is 28.9 Å². The Hall–Kier alpha value is -9.74. The monoisotopic (exact) mass is 1230 g/mol. The van der Waals surface area contributed by atoms with Gasteiger partial charge in [-0.1, -0.05) is 49.4 Å². The number of aromatic nitrogens is 4. The van der Waals surface area contributed by atoms with Gasteiger partial charge in [0, 0.05) is 139 Å². The maximum absolute atomic E-state index is 14.1. The molecule has 0 bridgehead atoms. The number of aliphatic imine (C=N–C) groups is 1. The van der Waals surface area contributed by atoms with Crippen LogP contribution in [0.25, 0.3) is 22.0 Å². The fourth-order valence-corrected chi connectivity index (χ4v) is 10.8. The summed E-state index contributed by atoms with van der Waals surface area (Å²) in [6, 6.07) is 18.8. The van der Waals surface area contributed by atoms with E-state index >= 15 is 0 Å². The van der Waals surface area contributed by atoms with Crippen molar-refractivity contribution in [2.75, 3.05) is 58.6 Å². The second-order valence-electron chi connectivity index (χ2n) is 22.8. The number of imidazole rings is 1. The van der Waals surface area contributed by atoms with Crippen LogP contribution in [0, 0.1) is 5.92 Å². The van der Waals surface area contributed by atoms with Crippen LogP contribution in [0.2, 0.25) is 0 Å². The molecule has 23 heteroatoms. The molecule has 0 unspecified atom stereocenters. The number of carbonyl (C=O) groups is 10. The largest absolute Gasteiger partial charge is 0.493 e. The highest BCUT2D eigenvalue weighted by molar-refractivity contribution is 6.13. The van der Waals surface area contributed by atoms with E-state index in [2.05, 4.69) is 27.2 Å². The number of rotatable bonds is 32. The van der Waals surface area contributed by atoms with Crippen molar-refractivity contribution >= 4 is 87.2 Å². The molecular weight excluding hydrogens is 1150 g/mol. The van der Waals surface area contributed by atoms with Crippen LogP contribution in [0.3, 0.4) is 0 Å². The van der Waals surface area contributed by atoms with Crippen LogP contribution < -0.4 is 20.1 Å². The van der Waals surface area contributed by atoms with Crippen molar-refractivity contribution in [2.45, 2.75) is 90.1 Å². The van der Waals surface area contributed by atoms with Gasteiger partial charge in [0.05, 0.1) is 62.4 Å². The summed E-state index contributed by atoms with van der Waals surface area (Å²) in [5.41, 5.74) is 6.00. The molecule has 23 nitrogen and oxygen atoms in total. The number of aryl methyl sites for hydroxylation is 2. The Bertz CT molecular complexity index is 3830. The van der Waals surface area contributed by atoms with E-state index in [9.17, 15) is 47.9 Å². The number of ether oxygens (including phenoxy) is 4. The standard InChI is InChI=1S/C67H73N9O14/c1-41-29-49-37-68-53-36-59(58(87-6)35-52(53)66(85)76(49)38-41)90-25-8-10-61(81)70-60-40-73(5)64(71-60)57(80)32-44-11-14-46(15-12-44)48-34-55(72(4)39-48)67(86)74-22-19-47-31-45(13-16-54(47)74)33-56(79)43(3)69-65(84)42(2)30-51(78)21-26-89-28-27-88-24-7-9-50(77)20-23-75-62(82)17-18-63(75)83/h11-19,22,31,34-37,39-40,42-43,49H,1,7-10,20-21,23-30,32-33,38H2,2-6H3,(H,69,84)(H,70,81)/t42-,43+,49+/m1/s1. The summed E-state index contributed by atoms with van der Waals surface area (Å²) in [7, 11) is 4.97. The number of hydrogen-bond donors (Lipinski definition) is 2. The van der Waals surface area contributed by atoms with E-state index in [1.54, 1.807) is 102 Å². The summed E-state index contributed by atoms with van der Waals surface area (Å²) < 4.78 is 27.4. The summed E-state index contributed by atoms with van der Waals surface area (Å²) in [6.45, 7) is 8.95. The van der Waals surface area contributed by atoms with Gasteiger partial charge in [0.25, 0.3) is 23.6 Å². The Morgan fingerprint density at radius 3 is 2.23 bits per heavy atom. The van der Waals surface area contributed by atoms with Crippen molar-refractivity contribution < 1.29 is 66.9 Å². The lowest BCUT2D eigenvalue weighted by atomic mass is 10.00. The molecule has 3 aromatic heterocycles. The van der Waals surface area contributed by atoms with E-state index in [4.69, 9.17) is 18.9 Å². The van der Waals surface area contributed by atoms with Gasteiger partial charge in [-0.15, -0.1) is 0 Å². The normalized spacial score (nSPS) is 15.0. The summed E-state index contributed by atoms with van der Waals surface area (Å²) in [5.74, 6) is -2.17. The van der Waals surface area contributed by atoms with Crippen molar-refractivity contribution in [3.63, 3.8) is 0 Å². The molecule has 470 valence electrons. The van der Waals surface area contributed by atoms with Crippen molar-refractivity contribution in [1.29, 1.82) is 0 Å². The molecule has 5 amide bonds. The maximum atomic E-state index is 14.1. The van der Waals surface area contributed by atoms with E-state index in [0.717, 1.165) is 32.5 Å². The number of anilines is 1. The van der Waals surface area contributed by atoms with E-state index in [1.165, 1.54) is 19.3 Å². The highest BCUT2D eigenvalue weighted by atomic mass is 16.5. The molecule has 2 N–H and O–H groups in total. The quantitative estimate of drug-likeness (QED) is 0.0185. The minimum atomic E-state index is -0.821. The minimum Gasteiger partial charge on any atom is -0.493 e. The van der Waals surface area contributed by atoms with Crippen LogP contribution in [0.4, 0.5) is 11.5 Å². The Morgan fingerprint density at radius 2 is 1.48 bits per heavy atom. The molecule has 3 atom stereocenters. The SMILES string of the molecule is C=C1C[C@H]2C=Nc3cc(OCCCC(=O)Nc4cn(C)c(C(=O)Cc5ccc(-c6cc(C(=O)n7ccc8cc(CC(=O)[C@H](C)NC(=O)[C@H](C)CC(=O)CCOCCOCCCC(=O)CCN9C(=O)C=CC9=O)ccc87)n(C)c6)cc5)n4)c(OC)cc3C(=O)N2C1. The van der Waals surface area contributed by atoms with Crippen LogP contribution in [0.1, 0.15) is 108 Å². The number of imide groups is 1. The van der Waals surface area contributed by atoms with Crippen molar-refractivity contribution in [3.8, 4) is 22.6 Å².